The summed E-state index contributed by atoms with van der Waals surface area (Å²) in [6, 6.07) is 11.2. The highest BCUT2D eigenvalue weighted by Crippen LogP contribution is 2.02. The van der Waals surface area contributed by atoms with Gasteiger partial charge in [-0.3, -0.25) is 0 Å². The van der Waals surface area contributed by atoms with Crippen LogP contribution in [0.25, 0.3) is 0 Å². The molecule has 0 spiro atoms. The molecule has 0 radical (unpaired) electrons. The van der Waals surface area contributed by atoms with E-state index in [9.17, 15) is 0 Å². The molecule has 0 aromatic heterocycles. The molecule has 0 saturated carbocycles. The largest absolute Gasteiger partial charge is 0.310 e. The van der Waals surface area contributed by atoms with Gasteiger partial charge in [0.25, 0.3) is 0 Å². The van der Waals surface area contributed by atoms with Crippen LogP contribution in [0.5, 0.6) is 0 Å². The van der Waals surface area contributed by atoms with Crippen LogP contribution in [0.4, 0.5) is 0 Å². The van der Waals surface area contributed by atoms with Gasteiger partial charge in [-0.1, -0.05) is 50.1 Å². The van der Waals surface area contributed by atoms with Gasteiger partial charge in [0.2, 0.25) is 0 Å². The molecule has 0 fully saturated rings. The van der Waals surface area contributed by atoms with Gasteiger partial charge in [0.05, 0.1) is 0 Å². The Morgan fingerprint density at radius 3 is 2.57 bits per heavy atom. The van der Waals surface area contributed by atoms with E-state index in [0.717, 1.165) is 6.54 Å². The number of rotatable bonds is 6. The molecule has 1 heteroatoms. The molecular weight excluding hydrogens is 170 g/mol. The Labute approximate surface area is 87.5 Å². The van der Waals surface area contributed by atoms with E-state index in [1.165, 1.54) is 24.8 Å². The van der Waals surface area contributed by atoms with Crippen LogP contribution in [-0.4, -0.2) is 6.04 Å². The van der Waals surface area contributed by atoms with E-state index in [-0.39, 0.29) is 0 Å². The Morgan fingerprint density at radius 2 is 1.93 bits per heavy atom. The topological polar surface area (TPSA) is 12.0 Å². The molecular formula is C13H21N. The maximum atomic E-state index is 3.53. The lowest BCUT2D eigenvalue weighted by molar-refractivity contribution is 0.495. The van der Waals surface area contributed by atoms with E-state index in [0.29, 0.717) is 6.04 Å². The van der Waals surface area contributed by atoms with E-state index in [4.69, 9.17) is 0 Å². The third-order valence-corrected chi connectivity index (χ3v) is 2.49. The maximum absolute atomic E-state index is 3.53. The van der Waals surface area contributed by atoms with Crippen molar-refractivity contribution in [3.8, 4) is 0 Å². The maximum Gasteiger partial charge on any atom is 0.0207 e. The van der Waals surface area contributed by atoms with Crippen LogP contribution in [-0.2, 0) is 6.54 Å². The minimum Gasteiger partial charge on any atom is -0.310 e. The molecule has 0 heterocycles. The molecule has 1 aromatic carbocycles. The van der Waals surface area contributed by atoms with Crippen LogP contribution in [0.2, 0.25) is 0 Å². The highest BCUT2D eigenvalue weighted by molar-refractivity contribution is 5.14. The molecule has 1 nitrogen and oxygen atoms in total. The molecule has 0 saturated heterocycles. The Morgan fingerprint density at radius 1 is 1.21 bits per heavy atom. The zero-order chi connectivity index (χ0) is 10.2. The molecule has 0 aliphatic rings. The molecule has 0 aliphatic heterocycles. The molecule has 0 amide bonds. The van der Waals surface area contributed by atoms with Gasteiger partial charge in [-0.05, 0) is 18.9 Å². The highest BCUT2D eigenvalue weighted by Gasteiger charge is 1.99. The quantitative estimate of drug-likeness (QED) is 0.727. The van der Waals surface area contributed by atoms with E-state index >= 15 is 0 Å². The van der Waals surface area contributed by atoms with Gasteiger partial charge >= 0.3 is 0 Å². The van der Waals surface area contributed by atoms with Crippen LogP contribution in [0.15, 0.2) is 30.3 Å². The van der Waals surface area contributed by atoms with Gasteiger partial charge < -0.3 is 5.32 Å². The van der Waals surface area contributed by atoms with E-state index in [1.54, 1.807) is 0 Å². The summed E-state index contributed by atoms with van der Waals surface area (Å²) in [6.07, 6.45) is 3.89. The molecule has 1 N–H and O–H groups in total. The fourth-order valence-electron chi connectivity index (χ4n) is 1.50. The first-order valence-corrected chi connectivity index (χ1v) is 5.60. The second-order valence-corrected chi connectivity index (χ2v) is 3.91. The summed E-state index contributed by atoms with van der Waals surface area (Å²) in [7, 11) is 0. The van der Waals surface area contributed by atoms with Crippen molar-refractivity contribution < 1.29 is 0 Å². The molecule has 1 atom stereocenters. The first kappa shape index (κ1) is 11.3. The van der Waals surface area contributed by atoms with Crippen molar-refractivity contribution >= 4 is 0 Å². The summed E-state index contributed by atoms with van der Waals surface area (Å²) in [5.74, 6) is 0. The average Bonchev–Trinajstić information content (AvgIpc) is 2.25. The van der Waals surface area contributed by atoms with Crippen molar-refractivity contribution in [2.75, 3.05) is 0 Å². The summed E-state index contributed by atoms with van der Waals surface area (Å²) in [5.41, 5.74) is 1.37. The third kappa shape index (κ3) is 4.43. The van der Waals surface area contributed by atoms with Crippen molar-refractivity contribution in [1.29, 1.82) is 0 Å². The van der Waals surface area contributed by atoms with Crippen LogP contribution >= 0.6 is 0 Å². The van der Waals surface area contributed by atoms with E-state index < -0.39 is 0 Å². The average molecular weight is 191 g/mol. The minimum atomic E-state index is 0.634. The molecule has 1 aromatic rings. The second-order valence-electron chi connectivity index (χ2n) is 3.91. The molecule has 0 aliphatic carbocycles. The van der Waals surface area contributed by atoms with Crippen molar-refractivity contribution in [1.82, 2.24) is 5.32 Å². The smallest absolute Gasteiger partial charge is 0.0207 e. The number of hydrogen-bond donors (Lipinski definition) is 1. The first-order valence-electron chi connectivity index (χ1n) is 5.60. The Hall–Kier alpha value is -0.820. The van der Waals surface area contributed by atoms with E-state index in [1.807, 2.05) is 0 Å². The Balaban J connectivity index is 2.20. The zero-order valence-corrected chi connectivity index (χ0v) is 9.29. The van der Waals surface area contributed by atoms with Crippen molar-refractivity contribution in [3.05, 3.63) is 35.9 Å². The fourth-order valence-corrected chi connectivity index (χ4v) is 1.50. The summed E-state index contributed by atoms with van der Waals surface area (Å²) in [5, 5.41) is 3.53. The monoisotopic (exact) mass is 191 g/mol. The zero-order valence-electron chi connectivity index (χ0n) is 9.29. The van der Waals surface area contributed by atoms with Gasteiger partial charge in [-0.15, -0.1) is 0 Å². The number of hydrogen-bond acceptors (Lipinski definition) is 1. The van der Waals surface area contributed by atoms with Crippen LogP contribution < -0.4 is 5.32 Å². The van der Waals surface area contributed by atoms with Crippen LogP contribution in [0, 0.1) is 0 Å². The molecule has 0 bridgehead atoms. The molecule has 1 rings (SSSR count). The van der Waals surface area contributed by atoms with Crippen LogP contribution in [0.1, 0.15) is 38.7 Å². The lowest BCUT2D eigenvalue weighted by atomic mass is 10.1. The van der Waals surface area contributed by atoms with Gasteiger partial charge in [0.1, 0.15) is 0 Å². The summed E-state index contributed by atoms with van der Waals surface area (Å²) < 4.78 is 0. The van der Waals surface area contributed by atoms with Gasteiger partial charge in [-0.2, -0.15) is 0 Å². The first-order chi connectivity index (χ1) is 6.83. The van der Waals surface area contributed by atoms with Crippen molar-refractivity contribution in [2.24, 2.45) is 0 Å². The lowest BCUT2D eigenvalue weighted by Gasteiger charge is -2.12. The normalized spacial score (nSPS) is 12.7. The minimum absolute atomic E-state index is 0.634. The van der Waals surface area contributed by atoms with Gasteiger partial charge in [0.15, 0.2) is 0 Å². The summed E-state index contributed by atoms with van der Waals surface area (Å²) in [4.78, 5) is 0. The van der Waals surface area contributed by atoms with Gasteiger partial charge in [-0.25, -0.2) is 0 Å². The molecule has 78 valence electrons. The van der Waals surface area contributed by atoms with Crippen molar-refractivity contribution in [2.45, 2.75) is 45.7 Å². The highest BCUT2D eigenvalue weighted by atomic mass is 14.9. The lowest BCUT2D eigenvalue weighted by Crippen LogP contribution is -2.25. The van der Waals surface area contributed by atoms with Crippen LogP contribution in [0.3, 0.4) is 0 Å². The van der Waals surface area contributed by atoms with E-state index in [2.05, 4.69) is 49.5 Å². The summed E-state index contributed by atoms with van der Waals surface area (Å²) >= 11 is 0. The molecule has 14 heavy (non-hydrogen) atoms. The number of benzene rings is 1. The standard InChI is InChI=1S/C13H21N/c1-3-4-8-12(2)14-11-13-9-6-5-7-10-13/h5-7,9-10,12,14H,3-4,8,11H2,1-2H3/t12-/m1/s1. The third-order valence-electron chi connectivity index (χ3n) is 2.49. The second kappa shape index (κ2) is 6.61. The summed E-state index contributed by atoms with van der Waals surface area (Å²) in [6.45, 7) is 5.49. The number of nitrogens with one attached hydrogen (secondary N) is 1. The molecule has 0 unspecified atom stereocenters. The Bertz CT molecular complexity index is 230. The predicted molar refractivity (Wildman–Crippen MR) is 62.3 cm³/mol. The van der Waals surface area contributed by atoms with Crippen molar-refractivity contribution in [3.63, 3.8) is 0 Å². The number of unbranched alkanes of at least 4 members (excludes halogenated alkanes) is 1. The Kier molecular flexibility index (Phi) is 5.31. The predicted octanol–water partition coefficient (Wildman–Crippen LogP) is 3.35. The fraction of sp³-hybridized carbons (Fsp3) is 0.538. The SMILES string of the molecule is CCCC[C@@H](C)NCc1ccccc1. The van der Waals surface area contributed by atoms with Gasteiger partial charge in [0, 0.05) is 12.6 Å².